The van der Waals surface area contributed by atoms with E-state index in [4.69, 9.17) is 15.0 Å². The topological polar surface area (TPSA) is 48.5 Å². The Kier molecular flexibility index (Phi) is 6.23. The first-order chi connectivity index (χ1) is 26.1. The lowest BCUT2D eigenvalue weighted by Crippen LogP contribution is -2.15. The molecule has 53 heavy (non-hydrogen) atoms. The fraction of sp³-hybridized carbons (Fsp3) is 0.0625. The molecular formula is C48H33N5. The van der Waals surface area contributed by atoms with Crippen molar-refractivity contribution in [3.8, 4) is 45.5 Å². The molecule has 0 spiro atoms. The van der Waals surface area contributed by atoms with Crippen LogP contribution in [0.4, 0.5) is 0 Å². The molecule has 0 saturated heterocycles. The van der Waals surface area contributed by atoms with Gasteiger partial charge in [-0.15, -0.1) is 0 Å². The van der Waals surface area contributed by atoms with Crippen LogP contribution in [0.2, 0.25) is 0 Å². The summed E-state index contributed by atoms with van der Waals surface area (Å²) < 4.78 is 4.79. The molecule has 0 atom stereocenters. The molecule has 7 aromatic carbocycles. The van der Waals surface area contributed by atoms with Gasteiger partial charge >= 0.3 is 0 Å². The van der Waals surface area contributed by atoms with Crippen LogP contribution in [-0.4, -0.2) is 24.1 Å². The van der Waals surface area contributed by atoms with Gasteiger partial charge in [-0.1, -0.05) is 153 Å². The Hall–Kier alpha value is -6.85. The highest BCUT2D eigenvalue weighted by atomic mass is 15.2. The molecule has 0 fully saturated rings. The summed E-state index contributed by atoms with van der Waals surface area (Å²) in [5.74, 6) is 1.87. The first-order valence-corrected chi connectivity index (χ1v) is 18.1. The summed E-state index contributed by atoms with van der Waals surface area (Å²) in [7, 11) is 0. The predicted octanol–water partition coefficient (Wildman–Crippen LogP) is 11.7. The van der Waals surface area contributed by atoms with Gasteiger partial charge < -0.3 is 4.57 Å². The Morgan fingerprint density at radius 2 is 0.962 bits per heavy atom. The van der Waals surface area contributed by atoms with Crippen molar-refractivity contribution in [3.63, 3.8) is 0 Å². The fourth-order valence-corrected chi connectivity index (χ4v) is 8.91. The van der Waals surface area contributed by atoms with Gasteiger partial charge in [-0.05, 0) is 41.0 Å². The molecule has 0 bridgehead atoms. The number of nitrogens with zero attached hydrogens (tertiary/aromatic N) is 5. The molecule has 0 radical (unpaired) electrons. The maximum absolute atomic E-state index is 5.33. The van der Waals surface area contributed by atoms with E-state index in [2.05, 4.69) is 150 Å². The molecule has 0 aliphatic heterocycles. The van der Waals surface area contributed by atoms with Crippen LogP contribution in [0.15, 0.2) is 164 Å². The zero-order valence-corrected chi connectivity index (χ0v) is 29.3. The maximum Gasteiger partial charge on any atom is 0.238 e. The highest BCUT2D eigenvalue weighted by Gasteiger charge is 2.41. The Labute approximate surface area is 306 Å². The Morgan fingerprint density at radius 1 is 0.453 bits per heavy atom. The number of hydrogen-bond acceptors (Lipinski definition) is 3. The molecule has 0 unspecified atom stereocenters. The van der Waals surface area contributed by atoms with Crippen molar-refractivity contribution in [1.82, 2.24) is 24.1 Å². The van der Waals surface area contributed by atoms with Crippen LogP contribution in [0.25, 0.3) is 89.2 Å². The summed E-state index contributed by atoms with van der Waals surface area (Å²) in [6.07, 6.45) is 0. The molecule has 1 aliphatic rings. The molecule has 0 amide bonds. The van der Waals surface area contributed by atoms with Crippen molar-refractivity contribution in [2.75, 3.05) is 0 Å². The second kappa shape index (κ2) is 11.1. The number of hydrogen-bond donors (Lipinski definition) is 0. The summed E-state index contributed by atoms with van der Waals surface area (Å²) in [6, 6.07) is 57.8. The van der Waals surface area contributed by atoms with Gasteiger partial charge in [0.2, 0.25) is 5.95 Å². The largest absolute Gasteiger partial charge is 0.309 e. The molecule has 3 heterocycles. The van der Waals surface area contributed by atoms with Crippen molar-refractivity contribution in [2.45, 2.75) is 19.3 Å². The highest BCUT2D eigenvalue weighted by molar-refractivity contribution is 6.31. The molecule has 0 N–H and O–H groups in total. The third-order valence-corrected chi connectivity index (χ3v) is 11.1. The summed E-state index contributed by atoms with van der Waals surface area (Å²) in [4.78, 5) is 15.7. The first kappa shape index (κ1) is 29.8. The lowest BCUT2D eigenvalue weighted by Gasteiger charge is -2.23. The number of aromatic nitrogens is 5. The second-order valence-corrected chi connectivity index (χ2v) is 14.4. The normalized spacial score (nSPS) is 13.2. The average molecular weight is 680 g/mol. The molecule has 3 aromatic heterocycles. The minimum absolute atomic E-state index is 0.283. The predicted molar refractivity (Wildman–Crippen MR) is 217 cm³/mol. The van der Waals surface area contributed by atoms with E-state index >= 15 is 0 Å². The van der Waals surface area contributed by atoms with Crippen molar-refractivity contribution in [3.05, 3.63) is 175 Å². The van der Waals surface area contributed by atoms with Gasteiger partial charge in [0.25, 0.3) is 0 Å². The molecule has 1 aliphatic carbocycles. The Bertz CT molecular complexity index is 3010. The number of benzene rings is 7. The molecule has 10 aromatic rings. The van der Waals surface area contributed by atoms with Gasteiger partial charge in [0, 0.05) is 49.3 Å². The highest BCUT2D eigenvalue weighted by Crippen LogP contribution is 2.58. The van der Waals surface area contributed by atoms with Gasteiger partial charge in [-0.2, -0.15) is 9.97 Å². The van der Waals surface area contributed by atoms with Crippen LogP contribution in [-0.2, 0) is 5.41 Å². The summed E-state index contributed by atoms with van der Waals surface area (Å²) >= 11 is 0. The zero-order valence-electron chi connectivity index (χ0n) is 29.3. The van der Waals surface area contributed by atoms with Gasteiger partial charge in [0.05, 0.1) is 22.1 Å². The van der Waals surface area contributed by atoms with E-state index in [0.29, 0.717) is 17.6 Å². The summed E-state index contributed by atoms with van der Waals surface area (Å²) in [6.45, 7) is 4.77. The number of fused-ring (bicyclic) bond motifs is 12. The van der Waals surface area contributed by atoms with E-state index in [0.717, 1.165) is 33.2 Å². The van der Waals surface area contributed by atoms with Crippen LogP contribution in [0, 0.1) is 0 Å². The molecular weight excluding hydrogens is 647 g/mol. The van der Waals surface area contributed by atoms with Crippen LogP contribution in [0.5, 0.6) is 0 Å². The van der Waals surface area contributed by atoms with E-state index in [-0.39, 0.29) is 5.41 Å². The smallest absolute Gasteiger partial charge is 0.238 e. The third kappa shape index (κ3) is 4.16. The second-order valence-electron chi connectivity index (χ2n) is 14.4. The Morgan fingerprint density at radius 3 is 1.60 bits per heavy atom. The lowest BCUT2D eigenvalue weighted by atomic mass is 9.80. The summed E-state index contributed by atoms with van der Waals surface area (Å²) in [5.41, 5.74) is 12.4. The van der Waals surface area contributed by atoms with E-state index in [1.54, 1.807) is 0 Å². The standard InChI is InChI=1S/C48H33N5/c1-48(2)36-27-15-12-24-33(36)39-42(48)40-34-25-13-16-28-37(34)52(32-22-10-5-11-23-32)43(40)41-35-26-14-17-29-38(35)53(44(39)41)47-50-45(30-18-6-3-7-19-30)49-46(51-47)31-20-8-4-9-21-31/h3-29H,1-2H3. The van der Waals surface area contributed by atoms with Crippen molar-refractivity contribution < 1.29 is 0 Å². The van der Waals surface area contributed by atoms with Crippen LogP contribution >= 0.6 is 0 Å². The van der Waals surface area contributed by atoms with Crippen LogP contribution in [0.3, 0.4) is 0 Å². The molecule has 0 saturated carbocycles. The van der Waals surface area contributed by atoms with Gasteiger partial charge in [-0.3, -0.25) is 4.57 Å². The summed E-state index contributed by atoms with van der Waals surface area (Å²) in [5, 5.41) is 4.88. The maximum atomic E-state index is 5.33. The molecule has 5 heteroatoms. The van der Waals surface area contributed by atoms with Crippen LogP contribution in [0.1, 0.15) is 25.0 Å². The van der Waals surface area contributed by atoms with Crippen LogP contribution < -0.4 is 0 Å². The van der Waals surface area contributed by atoms with Crippen molar-refractivity contribution >= 4 is 43.6 Å². The molecule has 5 nitrogen and oxygen atoms in total. The van der Waals surface area contributed by atoms with E-state index in [9.17, 15) is 0 Å². The van der Waals surface area contributed by atoms with E-state index in [1.165, 1.54) is 49.4 Å². The van der Waals surface area contributed by atoms with Gasteiger partial charge in [0.1, 0.15) is 0 Å². The zero-order chi connectivity index (χ0) is 35.3. The van der Waals surface area contributed by atoms with Crippen molar-refractivity contribution in [1.29, 1.82) is 0 Å². The minimum Gasteiger partial charge on any atom is -0.309 e. The molecule has 250 valence electrons. The van der Waals surface area contributed by atoms with E-state index < -0.39 is 0 Å². The van der Waals surface area contributed by atoms with Crippen molar-refractivity contribution in [2.24, 2.45) is 0 Å². The number of para-hydroxylation sites is 3. The van der Waals surface area contributed by atoms with Gasteiger partial charge in [0.15, 0.2) is 11.6 Å². The SMILES string of the molecule is CC1(C)c2ccccc2-c2c1c1c3ccccc3n(-c3ccccc3)c1c1c3ccccc3n(-c3nc(-c4ccccc4)nc(-c4ccccc4)n3)c21. The third-order valence-electron chi connectivity index (χ3n) is 11.1. The Balaban J connectivity index is 1.41. The lowest BCUT2D eigenvalue weighted by molar-refractivity contribution is 0.667. The molecule has 11 rings (SSSR count). The minimum atomic E-state index is -0.283. The quantitative estimate of drug-likeness (QED) is 0.186. The fourth-order valence-electron chi connectivity index (χ4n) is 8.91. The monoisotopic (exact) mass is 679 g/mol. The average Bonchev–Trinajstić information content (AvgIpc) is 3.82. The first-order valence-electron chi connectivity index (χ1n) is 18.1. The van der Waals surface area contributed by atoms with Gasteiger partial charge in [-0.25, -0.2) is 4.98 Å². The van der Waals surface area contributed by atoms with E-state index in [1.807, 2.05) is 36.4 Å². The number of rotatable bonds is 4.